The lowest BCUT2D eigenvalue weighted by atomic mass is 10.1. The Hall–Kier alpha value is -2.59. The molecule has 24 heavy (non-hydrogen) atoms. The quantitative estimate of drug-likeness (QED) is 0.810. The molecule has 2 rings (SSSR count). The smallest absolute Gasteiger partial charge is 0.305 e. The van der Waals surface area contributed by atoms with E-state index in [9.17, 15) is 9.59 Å². The van der Waals surface area contributed by atoms with Crippen LogP contribution in [0.15, 0.2) is 24.3 Å². The van der Waals surface area contributed by atoms with E-state index in [1.165, 1.54) is 0 Å². The van der Waals surface area contributed by atoms with Gasteiger partial charge in [-0.1, -0.05) is 0 Å². The zero-order valence-electron chi connectivity index (χ0n) is 13.3. The van der Waals surface area contributed by atoms with Gasteiger partial charge in [-0.15, -0.1) is 0 Å². The summed E-state index contributed by atoms with van der Waals surface area (Å²) in [4.78, 5) is 24.9. The van der Waals surface area contributed by atoms with Crippen molar-refractivity contribution in [2.75, 3.05) is 26.4 Å². The Labute approximate surface area is 140 Å². The number of nitriles is 1. The lowest BCUT2D eigenvalue weighted by Crippen LogP contribution is -2.46. The van der Waals surface area contributed by atoms with E-state index in [1.807, 2.05) is 6.07 Å². The van der Waals surface area contributed by atoms with E-state index in [4.69, 9.17) is 19.8 Å². The molecule has 1 aliphatic rings. The highest BCUT2D eigenvalue weighted by Crippen LogP contribution is 2.16. The molecular weight excluding hydrogens is 312 g/mol. The molecule has 1 N–H and O–H groups in total. The Balaban J connectivity index is 1.94. The van der Waals surface area contributed by atoms with Crippen molar-refractivity contribution in [2.45, 2.75) is 25.3 Å². The maximum Gasteiger partial charge on any atom is 0.305 e. The number of amides is 1. The van der Waals surface area contributed by atoms with Crippen molar-refractivity contribution < 1.29 is 24.2 Å². The number of nitrogens with zero attached hydrogens (tertiary/aromatic N) is 2. The molecule has 1 heterocycles. The lowest BCUT2D eigenvalue weighted by Gasteiger charge is -2.34. The molecule has 1 fully saturated rings. The van der Waals surface area contributed by atoms with Gasteiger partial charge in [-0.05, 0) is 37.1 Å². The number of aliphatic carboxylic acids is 1. The molecule has 1 amide bonds. The summed E-state index contributed by atoms with van der Waals surface area (Å²) in [6.45, 7) is 1.13. The molecule has 128 valence electrons. The number of carbonyl (C=O) groups is 2. The van der Waals surface area contributed by atoms with Gasteiger partial charge < -0.3 is 19.5 Å². The van der Waals surface area contributed by atoms with Crippen molar-refractivity contribution in [1.29, 1.82) is 5.26 Å². The molecule has 0 aromatic heterocycles. The fourth-order valence-corrected chi connectivity index (χ4v) is 2.58. The van der Waals surface area contributed by atoms with Gasteiger partial charge in [-0.25, -0.2) is 0 Å². The maximum absolute atomic E-state index is 12.5. The summed E-state index contributed by atoms with van der Waals surface area (Å²) >= 11 is 0. The van der Waals surface area contributed by atoms with Crippen molar-refractivity contribution in [2.24, 2.45) is 0 Å². The second kappa shape index (κ2) is 8.89. The van der Waals surface area contributed by atoms with E-state index >= 15 is 0 Å². The molecule has 0 radical (unpaired) electrons. The fraction of sp³-hybridized carbons (Fsp3) is 0.471. The van der Waals surface area contributed by atoms with Crippen molar-refractivity contribution >= 4 is 11.9 Å². The highest BCUT2D eigenvalue weighted by Gasteiger charge is 2.26. The number of carboxylic acid groups (broad SMARTS) is 1. The molecule has 1 aromatic rings. The standard InChI is InChI=1S/C17H20N2O5/c18-11-13-1-3-15(4-2-13)24-12-16(20)19(8-5-17(21)22)14-6-9-23-10-7-14/h1-4,14H,5-10,12H2,(H,21,22). The van der Waals surface area contributed by atoms with Crippen LogP contribution in [-0.2, 0) is 14.3 Å². The Morgan fingerprint density at radius 1 is 1.29 bits per heavy atom. The minimum absolute atomic E-state index is 0.0184. The molecule has 0 spiro atoms. The molecular formula is C17H20N2O5. The maximum atomic E-state index is 12.5. The number of hydrogen-bond acceptors (Lipinski definition) is 5. The molecule has 1 aliphatic heterocycles. The molecule has 0 atom stereocenters. The molecule has 0 bridgehead atoms. The van der Waals surface area contributed by atoms with E-state index in [2.05, 4.69) is 0 Å². The fourth-order valence-electron chi connectivity index (χ4n) is 2.58. The van der Waals surface area contributed by atoms with Crippen molar-refractivity contribution in [3.63, 3.8) is 0 Å². The monoisotopic (exact) mass is 332 g/mol. The van der Waals surface area contributed by atoms with Gasteiger partial charge in [-0.3, -0.25) is 9.59 Å². The van der Waals surface area contributed by atoms with Gasteiger partial charge in [0.2, 0.25) is 0 Å². The first-order valence-electron chi connectivity index (χ1n) is 7.82. The zero-order chi connectivity index (χ0) is 17.4. The molecule has 1 aromatic carbocycles. The van der Waals surface area contributed by atoms with Crippen LogP contribution >= 0.6 is 0 Å². The second-order valence-corrected chi connectivity index (χ2v) is 5.50. The van der Waals surface area contributed by atoms with Gasteiger partial charge in [0, 0.05) is 25.8 Å². The van der Waals surface area contributed by atoms with E-state index < -0.39 is 5.97 Å². The van der Waals surface area contributed by atoms with Gasteiger partial charge in [-0.2, -0.15) is 5.26 Å². The van der Waals surface area contributed by atoms with Gasteiger partial charge in [0.1, 0.15) is 5.75 Å². The zero-order valence-corrected chi connectivity index (χ0v) is 13.3. The first-order valence-corrected chi connectivity index (χ1v) is 7.82. The highest BCUT2D eigenvalue weighted by molar-refractivity contribution is 5.79. The Bertz CT molecular complexity index is 602. The van der Waals surface area contributed by atoms with Crippen LogP contribution in [-0.4, -0.2) is 54.3 Å². The van der Waals surface area contributed by atoms with E-state index in [-0.39, 0.29) is 31.5 Å². The predicted molar refractivity (Wildman–Crippen MR) is 84.5 cm³/mol. The van der Waals surface area contributed by atoms with Crippen LogP contribution in [0.25, 0.3) is 0 Å². The van der Waals surface area contributed by atoms with Gasteiger partial charge in [0.15, 0.2) is 6.61 Å². The second-order valence-electron chi connectivity index (χ2n) is 5.50. The van der Waals surface area contributed by atoms with Gasteiger partial charge in [0.05, 0.1) is 18.1 Å². The average molecular weight is 332 g/mol. The molecule has 0 aliphatic carbocycles. The SMILES string of the molecule is N#Cc1ccc(OCC(=O)N(CCC(=O)O)C2CCOCC2)cc1. The number of ether oxygens (including phenoxy) is 2. The first kappa shape index (κ1) is 17.8. The topological polar surface area (TPSA) is 99.9 Å². The van der Waals surface area contributed by atoms with Crippen LogP contribution in [0.4, 0.5) is 0 Å². The third kappa shape index (κ3) is 5.25. The lowest BCUT2D eigenvalue weighted by molar-refractivity contribution is -0.141. The number of benzene rings is 1. The summed E-state index contributed by atoms with van der Waals surface area (Å²) in [7, 11) is 0. The Kier molecular flexibility index (Phi) is 6.58. The van der Waals surface area contributed by atoms with E-state index in [0.29, 0.717) is 37.4 Å². The molecule has 1 saturated heterocycles. The van der Waals surface area contributed by atoms with Gasteiger partial charge >= 0.3 is 5.97 Å². The van der Waals surface area contributed by atoms with Crippen LogP contribution in [0.1, 0.15) is 24.8 Å². The molecule has 7 nitrogen and oxygen atoms in total. The summed E-state index contributed by atoms with van der Waals surface area (Å²) in [6.07, 6.45) is 1.30. The van der Waals surface area contributed by atoms with Gasteiger partial charge in [0.25, 0.3) is 5.91 Å². The van der Waals surface area contributed by atoms with Crippen LogP contribution in [0.5, 0.6) is 5.75 Å². The minimum atomic E-state index is -0.937. The molecule has 0 unspecified atom stereocenters. The third-order valence-corrected chi connectivity index (χ3v) is 3.86. The number of hydrogen-bond donors (Lipinski definition) is 1. The number of carbonyl (C=O) groups excluding carboxylic acids is 1. The molecule has 7 heteroatoms. The van der Waals surface area contributed by atoms with Crippen LogP contribution in [0.2, 0.25) is 0 Å². The summed E-state index contributed by atoms with van der Waals surface area (Å²) in [5.74, 6) is -0.687. The first-order chi connectivity index (χ1) is 11.6. The van der Waals surface area contributed by atoms with Crippen molar-refractivity contribution in [1.82, 2.24) is 4.90 Å². The highest BCUT2D eigenvalue weighted by atomic mass is 16.5. The van der Waals surface area contributed by atoms with Crippen LogP contribution in [0.3, 0.4) is 0 Å². The third-order valence-electron chi connectivity index (χ3n) is 3.86. The van der Waals surface area contributed by atoms with Crippen LogP contribution in [0, 0.1) is 11.3 Å². The number of rotatable bonds is 7. The summed E-state index contributed by atoms with van der Waals surface area (Å²) in [5.41, 5.74) is 0.513. The average Bonchev–Trinajstić information content (AvgIpc) is 2.61. The summed E-state index contributed by atoms with van der Waals surface area (Å²) in [5, 5.41) is 17.6. The largest absolute Gasteiger partial charge is 0.484 e. The normalized spacial score (nSPS) is 14.6. The molecule has 0 saturated carbocycles. The van der Waals surface area contributed by atoms with Crippen LogP contribution < -0.4 is 4.74 Å². The summed E-state index contributed by atoms with van der Waals surface area (Å²) in [6, 6.07) is 8.47. The predicted octanol–water partition coefficient (Wildman–Crippen LogP) is 1.42. The van der Waals surface area contributed by atoms with Crippen molar-refractivity contribution in [3.05, 3.63) is 29.8 Å². The Morgan fingerprint density at radius 3 is 2.54 bits per heavy atom. The Morgan fingerprint density at radius 2 is 1.96 bits per heavy atom. The van der Waals surface area contributed by atoms with E-state index in [1.54, 1.807) is 29.2 Å². The minimum Gasteiger partial charge on any atom is -0.484 e. The van der Waals surface area contributed by atoms with E-state index in [0.717, 1.165) is 0 Å². The van der Waals surface area contributed by atoms with Crippen molar-refractivity contribution in [3.8, 4) is 11.8 Å². The summed E-state index contributed by atoms with van der Waals surface area (Å²) < 4.78 is 10.8. The number of carboxylic acids is 1.